The largest absolute Gasteiger partial charge is 0.393 e. The predicted octanol–water partition coefficient (Wildman–Crippen LogP) is 0.679. The van der Waals surface area contributed by atoms with Gasteiger partial charge in [0.05, 0.1) is 36.4 Å². The van der Waals surface area contributed by atoms with Crippen molar-refractivity contribution in [3.8, 4) is 0 Å². The lowest BCUT2D eigenvalue weighted by atomic mass is 10.2. The fraction of sp³-hybridized carbons (Fsp3) is 0.571. The van der Waals surface area contributed by atoms with E-state index in [1.807, 2.05) is 4.90 Å². The highest BCUT2D eigenvalue weighted by Crippen LogP contribution is 2.16. The fourth-order valence-electron chi connectivity index (χ4n) is 2.38. The summed E-state index contributed by atoms with van der Waals surface area (Å²) in [7, 11) is 0. The standard InChI is InChI=1S/C14H18BrN5O3/c1-10(21)19-2-3-22-13(8-19)9-23-18-12-6-20(7-12)14-16-4-11(15)5-17-14/h4-5,13H,2-3,6-9H2,1H3. The van der Waals surface area contributed by atoms with Gasteiger partial charge in [0.1, 0.15) is 12.7 Å². The van der Waals surface area contributed by atoms with E-state index in [-0.39, 0.29) is 12.0 Å². The molecule has 9 heteroatoms. The second kappa shape index (κ2) is 7.22. The highest BCUT2D eigenvalue weighted by Gasteiger charge is 2.26. The van der Waals surface area contributed by atoms with Crippen molar-refractivity contribution >= 4 is 33.5 Å². The minimum Gasteiger partial charge on any atom is -0.393 e. The molecule has 1 aromatic heterocycles. The van der Waals surface area contributed by atoms with Gasteiger partial charge in [0, 0.05) is 25.9 Å². The maximum Gasteiger partial charge on any atom is 0.226 e. The lowest BCUT2D eigenvalue weighted by Gasteiger charge is -2.33. The van der Waals surface area contributed by atoms with Crippen molar-refractivity contribution in [1.82, 2.24) is 14.9 Å². The minimum absolute atomic E-state index is 0.0637. The summed E-state index contributed by atoms with van der Waals surface area (Å²) >= 11 is 3.31. The molecular weight excluding hydrogens is 366 g/mol. The summed E-state index contributed by atoms with van der Waals surface area (Å²) < 4.78 is 6.42. The summed E-state index contributed by atoms with van der Waals surface area (Å²) in [4.78, 5) is 28.9. The number of amides is 1. The first-order chi connectivity index (χ1) is 11.1. The second-order valence-corrected chi connectivity index (χ2v) is 6.38. The Labute approximate surface area is 142 Å². The number of rotatable bonds is 4. The number of hydrogen-bond acceptors (Lipinski definition) is 7. The smallest absolute Gasteiger partial charge is 0.226 e. The summed E-state index contributed by atoms with van der Waals surface area (Å²) in [6.07, 6.45) is 3.31. The van der Waals surface area contributed by atoms with Crippen LogP contribution in [0.3, 0.4) is 0 Å². The summed E-state index contributed by atoms with van der Waals surface area (Å²) in [5.74, 6) is 0.744. The third-order valence-corrected chi connectivity index (χ3v) is 4.08. The van der Waals surface area contributed by atoms with Crippen LogP contribution in [0, 0.1) is 0 Å². The molecule has 124 valence electrons. The van der Waals surface area contributed by atoms with Crippen LogP contribution in [0.4, 0.5) is 5.95 Å². The Morgan fingerprint density at radius 3 is 2.91 bits per heavy atom. The van der Waals surface area contributed by atoms with Crippen LogP contribution in [0.1, 0.15) is 6.92 Å². The van der Waals surface area contributed by atoms with Crippen LogP contribution >= 0.6 is 15.9 Å². The molecule has 0 N–H and O–H groups in total. The summed E-state index contributed by atoms with van der Waals surface area (Å²) in [6, 6.07) is 0. The maximum absolute atomic E-state index is 11.4. The Morgan fingerprint density at radius 1 is 1.48 bits per heavy atom. The van der Waals surface area contributed by atoms with Crippen molar-refractivity contribution in [2.24, 2.45) is 5.16 Å². The van der Waals surface area contributed by atoms with E-state index in [9.17, 15) is 4.79 Å². The average Bonchev–Trinajstić information content (AvgIpc) is 2.51. The molecule has 0 bridgehead atoms. The topological polar surface area (TPSA) is 80.2 Å². The van der Waals surface area contributed by atoms with Crippen molar-refractivity contribution in [3.05, 3.63) is 16.9 Å². The van der Waals surface area contributed by atoms with Gasteiger partial charge in [0.2, 0.25) is 11.9 Å². The number of carbonyl (C=O) groups is 1. The monoisotopic (exact) mass is 383 g/mol. The highest BCUT2D eigenvalue weighted by molar-refractivity contribution is 9.10. The lowest BCUT2D eigenvalue weighted by Crippen LogP contribution is -2.49. The van der Waals surface area contributed by atoms with Gasteiger partial charge in [-0.25, -0.2) is 9.97 Å². The summed E-state index contributed by atoms with van der Waals surface area (Å²) in [5, 5.41) is 4.11. The molecule has 2 saturated heterocycles. The Kier molecular flexibility index (Phi) is 5.06. The number of oxime groups is 1. The van der Waals surface area contributed by atoms with Gasteiger partial charge < -0.3 is 19.4 Å². The van der Waals surface area contributed by atoms with Crippen LogP contribution in [-0.2, 0) is 14.4 Å². The van der Waals surface area contributed by atoms with Crippen LogP contribution in [0.5, 0.6) is 0 Å². The molecule has 1 amide bonds. The third kappa shape index (κ3) is 4.17. The van der Waals surface area contributed by atoms with Crippen LogP contribution in [0.2, 0.25) is 0 Å². The van der Waals surface area contributed by atoms with Gasteiger partial charge >= 0.3 is 0 Å². The first-order valence-electron chi connectivity index (χ1n) is 7.39. The van der Waals surface area contributed by atoms with Gasteiger partial charge in [0.25, 0.3) is 0 Å². The number of hydrogen-bond donors (Lipinski definition) is 0. The quantitative estimate of drug-likeness (QED) is 0.711. The number of morpholine rings is 1. The van der Waals surface area contributed by atoms with Crippen molar-refractivity contribution in [2.75, 3.05) is 44.3 Å². The molecule has 0 saturated carbocycles. The number of carbonyl (C=O) groups excluding carboxylic acids is 1. The zero-order valence-electron chi connectivity index (χ0n) is 12.8. The van der Waals surface area contributed by atoms with Gasteiger partial charge in [-0.1, -0.05) is 5.16 Å². The Morgan fingerprint density at radius 2 is 2.22 bits per heavy atom. The molecule has 0 aromatic carbocycles. The van der Waals surface area contributed by atoms with E-state index < -0.39 is 0 Å². The van der Waals surface area contributed by atoms with Crippen molar-refractivity contribution in [1.29, 1.82) is 0 Å². The number of aromatic nitrogens is 2. The first-order valence-corrected chi connectivity index (χ1v) is 8.18. The number of halogens is 1. The number of nitrogens with zero attached hydrogens (tertiary/aromatic N) is 5. The summed E-state index contributed by atoms with van der Waals surface area (Å²) in [5.41, 5.74) is 0.941. The van der Waals surface area contributed by atoms with E-state index >= 15 is 0 Å². The van der Waals surface area contributed by atoms with Gasteiger partial charge in [0.15, 0.2) is 0 Å². The zero-order valence-corrected chi connectivity index (χ0v) is 14.4. The Hall–Kier alpha value is -1.74. The Balaban J connectivity index is 1.40. The molecular formula is C14H18BrN5O3. The lowest BCUT2D eigenvalue weighted by molar-refractivity contribution is -0.139. The van der Waals surface area contributed by atoms with E-state index in [4.69, 9.17) is 9.57 Å². The Bertz CT molecular complexity index is 587. The van der Waals surface area contributed by atoms with Crippen LogP contribution in [0.15, 0.2) is 22.0 Å². The van der Waals surface area contributed by atoms with Crippen LogP contribution < -0.4 is 4.90 Å². The SMILES string of the molecule is CC(=O)N1CCOC(CON=C2CN(c3ncc(Br)cn3)C2)C1. The van der Waals surface area contributed by atoms with E-state index in [1.54, 1.807) is 24.2 Å². The second-order valence-electron chi connectivity index (χ2n) is 5.47. The molecule has 2 fully saturated rings. The van der Waals surface area contributed by atoms with Gasteiger partial charge in [-0.2, -0.15) is 0 Å². The van der Waals surface area contributed by atoms with E-state index in [1.165, 1.54) is 0 Å². The van der Waals surface area contributed by atoms with Crippen molar-refractivity contribution < 1.29 is 14.4 Å². The molecule has 23 heavy (non-hydrogen) atoms. The summed E-state index contributed by atoms with van der Waals surface area (Å²) in [6.45, 7) is 4.97. The minimum atomic E-state index is -0.122. The van der Waals surface area contributed by atoms with E-state index in [2.05, 4.69) is 31.1 Å². The van der Waals surface area contributed by atoms with Gasteiger partial charge in [-0.15, -0.1) is 0 Å². The van der Waals surface area contributed by atoms with Gasteiger partial charge in [-0.3, -0.25) is 4.79 Å². The maximum atomic E-state index is 11.4. The molecule has 3 rings (SSSR count). The normalized spacial score (nSPS) is 21.0. The van der Waals surface area contributed by atoms with Crippen LogP contribution in [0.25, 0.3) is 0 Å². The molecule has 0 radical (unpaired) electrons. The zero-order chi connectivity index (χ0) is 16.2. The first kappa shape index (κ1) is 16.1. The number of anilines is 1. The highest BCUT2D eigenvalue weighted by atomic mass is 79.9. The molecule has 8 nitrogen and oxygen atoms in total. The molecule has 0 aliphatic carbocycles. The van der Waals surface area contributed by atoms with E-state index in [0.29, 0.717) is 45.3 Å². The molecule has 2 aliphatic heterocycles. The fourth-order valence-corrected chi connectivity index (χ4v) is 2.58. The molecule has 3 heterocycles. The molecule has 1 unspecified atom stereocenters. The van der Waals surface area contributed by atoms with E-state index in [0.717, 1.165) is 10.2 Å². The predicted molar refractivity (Wildman–Crippen MR) is 87.3 cm³/mol. The molecule has 1 aromatic rings. The van der Waals surface area contributed by atoms with Crippen molar-refractivity contribution in [2.45, 2.75) is 13.0 Å². The third-order valence-electron chi connectivity index (χ3n) is 3.67. The molecule has 1 atom stereocenters. The molecule has 2 aliphatic rings. The molecule has 0 spiro atoms. The van der Waals surface area contributed by atoms with Gasteiger partial charge in [-0.05, 0) is 15.9 Å². The number of ether oxygens (including phenoxy) is 1. The van der Waals surface area contributed by atoms with Crippen molar-refractivity contribution in [3.63, 3.8) is 0 Å². The average molecular weight is 384 g/mol. The van der Waals surface area contributed by atoms with Crippen LogP contribution in [-0.4, -0.2) is 72.0 Å².